The van der Waals surface area contributed by atoms with Gasteiger partial charge >= 0.3 is 0 Å². The molecule has 2 nitrogen and oxygen atoms in total. The van der Waals surface area contributed by atoms with E-state index in [9.17, 15) is 0 Å². The predicted octanol–water partition coefficient (Wildman–Crippen LogP) is 3.62. The van der Waals surface area contributed by atoms with Crippen molar-refractivity contribution < 1.29 is 0 Å². The summed E-state index contributed by atoms with van der Waals surface area (Å²) in [5.41, 5.74) is 2.28. The van der Waals surface area contributed by atoms with Crippen LogP contribution in [-0.2, 0) is 0 Å². The van der Waals surface area contributed by atoms with Crippen LogP contribution in [0.5, 0.6) is 0 Å². The molecule has 0 fully saturated rings. The number of nitrogens with zero attached hydrogens (tertiary/aromatic N) is 1. The maximum absolute atomic E-state index is 4.58. The lowest BCUT2D eigenvalue weighted by Crippen LogP contribution is -2.17. The van der Waals surface area contributed by atoms with E-state index < -0.39 is 0 Å². The van der Waals surface area contributed by atoms with Crippen LogP contribution in [0.1, 0.15) is 56.5 Å². The molecule has 1 aromatic rings. The number of hydrogen-bond acceptors (Lipinski definition) is 2. The summed E-state index contributed by atoms with van der Waals surface area (Å²) in [6.07, 6.45) is 6.45. The maximum Gasteiger partial charge on any atom is 0.0576 e. The van der Waals surface area contributed by atoms with Gasteiger partial charge in [0.1, 0.15) is 0 Å². The van der Waals surface area contributed by atoms with Crippen LogP contribution < -0.4 is 5.32 Å². The standard InChI is InChI=1S/C14H24N2/c1-4-5-6-7-10-13(15-3)14-11-8-9-12(2)16-14/h8-9,11,13,15H,4-7,10H2,1-3H3. The van der Waals surface area contributed by atoms with Crippen molar-refractivity contribution >= 4 is 0 Å². The zero-order valence-electron chi connectivity index (χ0n) is 10.8. The zero-order valence-corrected chi connectivity index (χ0v) is 10.8. The van der Waals surface area contributed by atoms with Gasteiger partial charge in [0, 0.05) is 11.7 Å². The number of pyridine rings is 1. The number of rotatable bonds is 7. The molecule has 0 radical (unpaired) electrons. The topological polar surface area (TPSA) is 24.9 Å². The molecule has 0 bridgehead atoms. The molecule has 16 heavy (non-hydrogen) atoms. The van der Waals surface area contributed by atoms with Gasteiger partial charge in [-0.25, -0.2) is 0 Å². The summed E-state index contributed by atoms with van der Waals surface area (Å²) in [5.74, 6) is 0. The minimum absolute atomic E-state index is 0.414. The van der Waals surface area contributed by atoms with Crippen molar-refractivity contribution in [2.75, 3.05) is 7.05 Å². The maximum atomic E-state index is 4.58. The number of aryl methyl sites for hydroxylation is 1. The van der Waals surface area contributed by atoms with Crippen molar-refractivity contribution in [1.29, 1.82) is 0 Å². The monoisotopic (exact) mass is 220 g/mol. The molecule has 1 atom stereocenters. The van der Waals surface area contributed by atoms with E-state index in [0.29, 0.717) is 6.04 Å². The first-order valence-corrected chi connectivity index (χ1v) is 6.38. The first kappa shape index (κ1) is 13.2. The van der Waals surface area contributed by atoms with Gasteiger partial charge in [-0.1, -0.05) is 38.7 Å². The first-order chi connectivity index (χ1) is 7.77. The second-order valence-corrected chi connectivity index (χ2v) is 4.39. The quantitative estimate of drug-likeness (QED) is 0.710. The molecule has 0 saturated carbocycles. The molecule has 1 N–H and O–H groups in total. The summed E-state index contributed by atoms with van der Waals surface area (Å²) >= 11 is 0. The van der Waals surface area contributed by atoms with Crippen molar-refractivity contribution in [3.63, 3.8) is 0 Å². The molecule has 0 aliphatic rings. The Morgan fingerprint density at radius 2 is 2.06 bits per heavy atom. The molecular formula is C14H24N2. The lowest BCUT2D eigenvalue weighted by atomic mass is 10.0. The Morgan fingerprint density at radius 1 is 1.25 bits per heavy atom. The summed E-state index contributed by atoms with van der Waals surface area (Å²) in [6, 6.07) is 6.67. The molecule has 0 amide bonds. The summed E-state index contributed by atoms with van der Waals surface area (Å²) in [5, 5.41) is 3.36. The average Bonchev–Trinajstić information content (AvgIpc) is 2.29. The van der Waals surface area contributed by atoms with Gasteiger partial charge in [-0.3, -0.25) is 4.98 Å². The van der Waals surface area contributed by atoms with Crippen LogP contribution in [0, 0.1) is 6.92 Å². The lowest BCUT2D eigenvalue weighted by molar-refractivity contribution is 0.495. The van der Waals surface area contributed by atoms with Gasteiger partial charge in [0.25, 0.3) is 0 Å². The van der Waals surface area contributed by atoms with Gasteiger partial charge < -0.3 is 5.32 Å². The van der Waals surface area contributed by atoms with Crippen molar-refractivity contribution in [2.45, 2.75) is 52.0 Å². The fourth-order valence-corrected chi connectivity index (χ4v) is 1.97. The van der Waals surface area contributed by atoms with Gasteiger partial charge in [-0.15, -0.1) is 0 Å². The molecule has 0 saturated heterocycles. The highest BCUT2D eigenvalue weighted by molar-refractivity contribution is 5.13. The van der Waals surface area contributed by atoms with Gasteiger partial charge in [0.05, 0.1) is 5.69 Å². The molecule has 1 aromatic heterocycles. The smallest absolute Gasteiger partial charge is 0.0576 e. The number of aromatic nitrogens is 1. The molecular weight excluding hydrogens is 196 g/mol. The van der Waals surface area contributed by atoms with E-state index in [-0.39, 0.29) is 0 Å². The molecule has 2 heteroatoms. The molecule has 0 aliphatic heterocycles. The Bertz CT molecular complexity index is 297. The largest absolute Gasteiger partial charge is 0.312 e. The van der Waals surface area contributed by atoms with Gasteiger partial charge in [0.2, 0.25) is 0 Å². The number of nitrogens with one attached hydrogen (secondary N) is 1. The molecule has 0 spiro atoms. The molecule has 0 aliphatic carbocycles. The number of unbranched alkanes of at least 4 members (excludes halogenated alkanes) is 3. The summed E-state index contributed by atoms with van der Waals surface area (Å²) in [4.78, 5) is 4.58. The second-order valence-electron chi connectivity index (χ2n) is 4.39. The van der Waals surface area contributed by atoms with E-state index in [4.69, 9.17) is 0 Å². The van der Waals surface area contributed by atoms with Gasteiger partial charge in [0.15, 0.2) is 0 Å². The van der Waals surface area contributed by atoms with E-state index in [1.165, 1.54) is 37.8 Å². The van der Waals surface area contributed by atoms with Crippen LogP contribution in [-0.4, -0.2) is 12.0 Å². The second kappa shape index (κ2) is 7.39. The van der Waals surface area contributed by atoms with Crippen LogP contribution in [0.25, 0.3) is 0 Å². The van der Waals surface area contributed by atoms with Crippen molar-refractivity contribution in [1.82, 2.24) is 10.3 Å². The van der Waals surface area contributed by atoms with Crippen molar-refractivity contribution in [2.24, 2.45) is 0 Å². The Hall–Kier alpha value is -0.890. The van der Waals surface area contributed by atoms with Crippen molar-refractivity contribution in [3.05, 3.63) is 29.6 Å². The summed E-state index contributed by atoms with van der Waals surface area (Å²) in [7, 11) is 2.02. The third-order valence-electron chi connectivity index (χ3n) is 2.96. The lowest BCUT2D eigenvalue weighted by Gasteiger charge is -2.15. The molecule has 1 heterocycles. The van der Waals surface area contributed by atoms with Crippen LogP contribution in [0.2, 0.25) is 0 Å². The van der Waals surface area contributed by atoms with E-state index in [2.05, 4.69) is 29.4 Å². The van der Waals surface area contributed by atoms with Crippen LogP contribution in [0.3, 0.4) is 0 Å². The van der Waals surface area contributed by atoms with Crippen LogP contribution in [0.4, 0.5) is 0 Å². The SMILES string of the molecule is CCCCCCC(NC)c1cccc(C)n1. The molecule has 90 valence electrons. The molecule has 1 rings (SSSR count). The Kier molecular flexibility index (Phi) is 6.09. The van der Waals surface area contributed by atoms with Crippen LogP contribution >= 0.6 is 0 Å². The first-order valence-electron chi connectivity index (χ1n) is 6.38. The van der Waals surface area contributed by atoms with E-state index in [1.54, 1.807) is 0 Å². The fourth-order valence-electron chi connectivity index (χ4n) is 1.97. The molecule has 0 aromatic carbocycles. The Balaban J connectivity index is 2.47. The van der Waals surface area contributed by atoms with Gasteiger partial charge in [-0.2, -0.15) is 0 Å². The van der Waals surface area contributed by atoms with Crippen molar-refractivity contribution in [3.8, 4) is 0 Å². The third-order valence-corrected chi connectivity index (χ3v) is 2.96. The minimum Gasteiger partial charge on any atom is -0.312 e. The predicted molar refractivity (Wildman–Crippen MR) is 69.5 cm³/mol. The highest BCUT2D eigenvalue weighted by atomic mass is 14.9. The average molecular weight is 220 g/mol. The Labute approximate surface area is 99.5 Å². The highest BCUT2D eigenvalue weighted by Gasteiger charge is 2.09. The van der Waals surface area contributed by atoms with E-state index in [0.717, 1.165) is 5.69 Å². The van der Waals surface area contributed by atoms with Gasteiger partial charge in [-0.05, 0) is 32.5 Å². The minimum atomic E-state index is 0.414. The Morgan fingerprint density at radius 3 is 2.69 bits per heavy atom. The normalized spacial score (nSPS) is 12.7. The zero-order chi connectivity index (χ0) is 11.8. The number of hydrogen-bond donors (Lipinski definition) is 1. The van der Waals surface area contributed by atoms with E-state index >= 15 is 0 Å². The third kappa shape index (κ3) is 4.31. The highest BCUT2D eigenvalue weighted by Crippen LogP contribution is 2.18. The summed E-state index contributed by atoms with van der Waals surface area (Å²) in [6.45, 7) is 4.30. The fraction of sp³-hybridized carbons (Fsp3) is 0.643. The van der Waals surface area contributed by atoms with Crippen LogP contribution in [0.15, 0.2) is 18.2 Å². The van der Waals surface area contributed by atoms with E-state index in [1.807, 2.05) is 20.0 Å². The summed E-state index contributed by atoms with van der Waals surface area (Å²) < 4.78 is 0. The molecule has 1 unspecified atom stereocenters.